The van der Waals surface area contributed by atoms with E-state index in [1.165, 1.54) is 0 Å². The third-order valence-electron chi connectivity index (χ3n) is 3.55. The average molecular weight is 313 g/mol. The van der Waals surface area contributed by atoms with Crippen molar-refractivity contribution < 1.29 is 14.6 Å². The van der Waals surface area contributed by atoms with Crippen LogP contribution in [0.2, 0.25) is 0 Å². The van der Waals surface area contributed by atoms with Gasteiger partial charge in [-0.2, -0.15) is 0 Å². The highest BCUT2D eigenvalue weighted by Crippen LogP contribution is 2.30. The Morgan fingerprint density at radius 3 is 2.74 bits per heavy atom. The van der Waals surface area contributed by atoms with Crippen molar-refractivity contribution >= 4 is 5.91 Å². The topological polar surface area (TPSA) is 58.6 Å². The van der Waals surface area contributed by atoms with Crippen LogP contribution < -0.4 is 10.1 Å². The van der Waals surface area contributed by atoms with E-state index in [9.17, 15) is 4.79 Å². The largest absolute Gasteiger partial charge is 0.493 e. The predicted molar refractivity (Wildman–Crippen MR) is 91.6 cm³/mol. The molecule has 23 heavy (non-hydrogen) atoms. The van der Waals surface area contributed by atoms with E-state index in [2.05, 4.69) is 5.32 Å². The van der Waals surface area contributed by atoms with Crippen molar-refractivity contribution in [2.75, 3.05) is 19.8 Å². The van der Waals surface area contributed by atoms with Crippen LogP contribution in [0.25, 0.3) is 11.1 Å². The normalized spacial score (nSPS) is 11.8. The molecule has 0 fully saturated rings. The molecule has 0 aliphatic carbocycles. The molecule has 2 rings (SSSR count). The molecule has 0 saturated heterocycles. The summed E-state index contributed by atoms with van der Waals surface area (Å²) in [6.45, 7) is 4.94. The molecule has 1 amide bonds. The number of aliphatic hydroxyl groups is 1. The monoisotopic (exact) mass is 313 g/mol. The third kappa shape index (κ3) is 4.57. The Balaban J connectivity index is 2.21. The summed E-state index contributed by atoms with van der Waals surface area (Å²) in [6, 6.07) is 15.3. The maximum Gasteiger partial charge on any atom is 0.251 e. The van der Waals surface area contributed by atoms with Crippen LogP contribution in [0.15, 0.2) is 48.5 Å². The van der Waals surface area contributed by atoms with Crippen molar-refractivity contribution in [3.05, 3.63) is 54.1 Å². The molecule has 0 bridgehead atoms. The number of rotatable bonds is 7. The molecule has 0 radical (unpaired) electrons. The fourth-order valence-corrected chi connectivity index (χ4v) is 2.25. The molecule has 2 aromatic rings. The first-order chi connectivity index (χ1) is 11.2. The van der Waals surface area contributed by atoms with Gasteiger partial charge in [0.25, 0.3) is 5.91 Å². The molecule has 2 aromatic carbocycles. The second kappa shape index (κ2) is 8.34. The highest BCUT2D eigenvalue weighted by Gasteiger charge is 2.10. The first kappa shape index (κ1) is 17.0. The van der Waals surface area contributed by atoms with Crippen molar-refractivity contribution in [1.29, 1.82) is 0 Å². The SMILES string of the molecule is CCOc1ccccc1-c1cccc(C(=O)NCC(C)CO)c1. The Morgan fingerprint density at radius 2 is 2.00 bits per heavy atom. The number of amides is 1. The maximum atomic E-state index is 12.2. The quantitative estimate of drug-likeness (QED) is 0.826. The van der Waals surface area contributed by atoms with Crippen LogP contribution in [0, 0.1) is 5.92 Å². The maximum absolute atomic E-state index is 12.2. The summed E-state index contributed by atoms with van der Waals surface area (Å²) in [6.07, 6.45) is 0. The van der Waals surface area contributed by atoms with E-state index < -0.39 is 0 Å². The highest BCUT2D eigenvalue weighted by atomic mass is 16.5. The molecule has 0 aromatic heterocycles. The summed E-state index contributed by atoms with van der Waals surface area (Å²) < 4.78 is 5.66. The van der Waals surface area contributed by atoms with E-state index in [-0.39, 0.29) is 18.4 Å². The van der Waals surface area contributed by atoms with Crippen LogP contribution in [0.4, 0.5) is 0 Å². The fraction of sp³-hybridized carbons (Fsp3) is 0.316. The molecule has 4 heteroatoms. The molecule has 0 heterocycles. The van der Waals surface area contributed by atoms with Crippen molar-refractivity contribution in [3.8, 4) is 16.9 Å². The summed E-state index contributed by atoms with van der Waals surface area (Å²) in [5.74, 6) is 0.711. The number of hydrogen-bond donors (Lipinski definition) is 2. The Hall–Kier alpha value is -2.33. The van der Waals surface area contributed by atoms with Gasteiger partial charge in [-0.1, -0.05) is 37.3 Å². The van der Waals surface area contributed by atoms with Crippen LogP contribution in [0.5, 0.6) is 5.75 Å². The van der Waals surface area contributed by atoms with Crippen molar-refractivity contribution in [2.24, 2.45) is 5.92 Å². The van der Waals surface area contributed by atoms with Crippen LogP contribution in [-0.2, 0) is 0 Å². The molecule has 0 spiro atoms. The van der Waals surface area contributed by atoms with Crippen LogP contribution in [-0.4, -0.2) is 30.8 Å². The summed E-state index contributed by atoms with van der Waals surface area (Å²) in [5, 5.41) is 11.9. The first-order valence-electron chi connectivity index (χ1n) is 7.87. The molecule has 4 nitrogen and oxygen atoms in total. The number of ether oxygens (including phenoxy) is 1. The number of carbonyl (C=O) groups is 1. The van der Waals surface area contributed by atoms with Gasteiger partial charge in [0.05, 0.1) is 6.61 Å². The Morgan fingerprint density at radius 1 is 1.22 bits per heavy atom. The zero-order valence-corrected chi connectivity index (χ0v) is 13.6. The molecule has 2 N–H and O–H groups in total. The minimum absolute atomic E-state index is 0.0424. The molecule has 0 aliphatic heterocycles. The van der Waals surface area contributed by atoms with Crippen molar-refractivity contribution in [3.63, 3.8) is 0 Å². The lowest BCUT2D eigenvalue weighted by atomic mass is 10.0. The summed E-state index contributed by atoms with van der Waals surface area (Å²) in [7, 11) is 0. The lowest BCUT2D eigenvalue weighted by Gasteiger charge is -2.12. The molecule has 0 saturated carbocycles. The number of aliphatic hydroxyl groups excluding tert-OH is 1. The Kier molecular flexibility index (Phi) is 6.18. The lowest BCUT2D eigenvalue weighted by Crippen LogP contribution is -2.29. The van der Waals surface area contributed by atoms with Gasteiger partial charge >= 0.3 is 0 Å². The van der Waals surface area contributed by atoms with Gasteiger partial charge in [0.1, 0.15) is 5.75 Å². The number of hydrogen-bond acceptors (Lipinski definition) is 3. The van der Waals surface area contributed by atoms with Crippen LogP contribution in [0.3, 0.4) is 0 Å². The first-order valence-corrected chi connectivity index (χ1v) is 7.87. The predicted octanol–water partition coefficient (Wildman–Crippen LogP) is 3.11. The molecule has 0 aliphatic rings. The van der Waals surface area contributed by atoms with Gasteiger partial charge in [-0.15, -0.1) is 0 Å². The standard InChI is InChI=1S/C19H23NO3/c1-3-23-18-10-5-4-9-17(18)15-7-6-8-16(11-15)19(22)20-12-14(2)13-21/h4-11,14,21H,3,12-13H2,1-2H3,(H,20,22). The minimum atomic E-state index is -0.138. The summed E-state index contributed by atoms with van der Waals surface area (Å²) in [5.41, 5.74) is 2.50. The van der Waals surface area contributed by atoms with Crippen molar-refractivity contribution in [2.45, 2.75) is 13.8 Å². The molecule has 1 unspecified atom stereocenters. The third-order valence-corrected chi connectivity index (χ3v) is 3.55. The zero-order chi connectivity index (χ0) is 16.7. The van der Waals surface area contributed by atoms with Gasteiger partial charge in [0.2, 0.25) is 0 Å². The number of benzene rings is 2. The Bertz CT molecular complexity index is 655. The zero-order valence-electron chi connectivity index (χ0n) is 13.6. The molecular formula is C19H23NO3. The second-order valence-corrected chi connectivity index (χ2v) is 5.51. The highest BCUT2D eigenvalue weighted by molar-refractivity contribution is 5.95. The second-order valence-electron chi connectivity index (χ2n) is 5.51. The van der Waals surface area contributed by atoms with E-state index in [4.69, 9.17) is 9.84 Å². The van der Waals surface area contributed by atoms with Gasteiger partial charge in [-0.3, -0.25) is 4.79 Å². The van der Waals surface area contributed by atoms with E-state index in [0.717, 1.165) is 16.9 Å². The molecule has 1 atom stereocenters. The summed E-state index contributed by atoms with van der Waals surface area (Å²) >= 11 is 0. The van der Waals surface area contributed by atoms with Gasteiger partial charge in [0.15, 0.2) is 0 Å². The van der Waals surface area contributed by atoms with Crippen LogP contribution in [0.1, 0.15) is 24.2 Å². The average Bonchev–Trinajstić information content (AvgIpc) is 2.60. The fourth-order valence-electron chi connectivity index (χ4n) is 2.25. The summed E-state index contributed by atoms with van der Waals surface area (Å²) in [4.78, 5) is 12.2. The Labute approximate surface area is 137 Å². The van der Waals surface area contributed by atoms with Gasteiger partial charge in [0, 0.05) is 24.3 Å². The number of nitrogens with one attached hydrogen (secondary N) is 1. The van der Waals surface area contributed by atoms with E-state index >= 15 is 0 Å². The number of para-hydroxylation sites is 1. The molecular weight excluding hydrogens is 290 g/mol. The molecule has 122 valence electrons. The smallest absolute Gasteiger partial charge is 0.251 e. The van der Waals surface area contributed by atoms with E-state index in [1.54, 1.807) is 6.07 Å². The van der Waals surface area contributed by atoms with E-state index in [0.29, 0.717) is 18.7 Å². The lowest BCUT2D eigenvalue weighted by molar-refractivity contribution is 0.0942. The number of carbonyl (C=O) groups excluding carboxylic acids is 1. The van der Waals surface area contributed by atoms with E-state index in [1.807, 2.05) is 56.3 Å². The van der Waals surface area contributed by atoms with Gasteiger partial charge in [-0.25, -0.2) is 0 Å². The van der Waals surface area contributed by atoms with Crippen LogP contribution >= 0.6 is 0 Å². The van der Waals surface area contributed by atoms with Gasteiger partial charge in [-0.05, 0) is 36.6 Å². The van der Waals surface area contributed by atoms with Gasteiger partial charge < -0.3 is 15.2 Å². The van der Waals surface area contributed by atoms with Crippen molar-refractivity contribution in [1.82, 2.24) is 5.32 Å². The minimum Gasteiger partial charge on any atom is -0.493 e.